The molecule has 1 atom stereocenters. The molecule has 1 aromatic carbocycles. The number of hydrogen-bond acceptors (Lipinski definition) is 7. The lowest BCUT2D eigenvalue weighted by Gasteiger charge is -2.22. The highest BCUT2D eigenvalue weighted by Crippen LogP contribution is 2.28. The van der Waals surface area contributed by atoms with Gasteiger partial charge in [-0.15, -0.1) is 11.3 Å². The van der Waals surface area contributed by atoms with Crippen molar-refractivity contribution in [3.05, 3.63) is 70.3 Å². The number of fused-ring (bicyclic) bond motifs is 1. The molecule has 1 aliphatic rings. The van der Waals surface area contributed by atoms with E-state index in [0.29, 0.717) is 18.7 Å². The van der Waals surface area contributed by atoms with Crippen molar-refractivity contribution in [2.75, 3.05) is 38.1 Å². The molecule has 8 heteroatoms. The van der Waals surface area contributed by atoms with Gasteiger partial charge in [0.15, 0.2) is 0 Å². The van der Waals surface area contributed by atoms with Crippen molar-refractivity contribution in [1.29, 1.82) is 0 Å². The molecule has 0 radical (unpaired) electrons. The van der Waals surface area contributed by atoms with Crippen molar-refractivity contribution in [2.45, 2.75) is 26.0 Å². The highest BCUT2D eigenvalue weighted by Gasteiger charge is 2.27. The Hall–Kier alpha value is -2.97. The first-order valence-corrected chi connectivity index (χ1v) is 11.9. The lowest BCUT2D eigenvalue weighted by Crippen LogP contribution is -2.34. The van der Waals surface area contributed by atoms with Gasteiger partial charge in [-0.1, -0.05) is 18.2 Å². The predicted molar refractivity (Wildman–Crippen MR) is 127 cm³/mol. The van der Waals surface area contributed by atoms with Crippen molar-refractivity contribution in [2.24, 2.45) is 0 Å². The highest BCUT2D eigenvalue weighted by atomic mass is 32.1. The maximum Gasteiger partial charge on any atom is 0.259 e. The molecule has 0 spiro atoms. The fraction of sp³-hybridized carbons (Fsp3) is 0.375. The van der Waals surface area contributed by atoms with E-state index >= 15 is 0 Å². The minimum absolute atomic E-state index is 0.0250. The van der Waals surface area contributed by atoms with E-state index in [1.165, 1.54) is 11.2 Å². The molecule has 1 N–H and O–H groups in total. The van der Waals surface area contributed by atoms with E-state index in [1.807, 2.05) is 36.2 Å². The van der Waals surface area contributed by atoms with Gasteiger partial charge in [0.1, 0.15) is 29.6 Å². The van der Waals surface area contributed by atoms with Gasteiger partial charge in [0.25, 0.3) is 5.91 Å². The summed E-state index contributed by atoms with van der Waals surface area (Å²) >= 11 is 1.71. The molecule has 2 aromatic heterocycles. The Morgan fingerprint density at radius 3 is 2.72 bits per heavy atom. The lowest BCUT2D eigenvalue weighted by molar-refractivity contribution is 0.0754. The molecule has 0 saturated heterocycles. The van der Waals surface area contributed by atoms with E-state index in [2.05, 4.69) is 44.6 Å². The predicted octanol–water partition coefficient (Wildman–Crippen LogP) is 3.75. The van der Waals surface area contributed by atoms with Crippen LogP contribution in [0.2, 0.25) is 0 Å². The van der Waals surface area contributed by atoms with Crippen molar-refractivity contribution in [3.63, 3.8) is 0 Å². The summed E-state index contributed by atoms with van der Waals surface area (Å²) in [5.41, 5.74) is 1.63. The molecule has 7 nitrogen and oxygen atoms in total. The average Bonchev–Trinajstić information content (AvgIpc) is 3.33. The van der Waals surface area contributed by atoms with Crippen LogP contribution in [0.3, 0.4) is 0 Å². The summed E-state index contributed by atoms with van der Waals surface area (Å²) in [4.78, 5) is 26.8. The molecule has 0 fully saturated rings. The molecule has 3 aromatic rings. The van der Waals surface area contributed by atoms with Gasteiger partial charge < -0.3 is 19.9 Å². The highest BCUT2D eigenvalue weighted by molar-refractivity contribution is 7.10. The minimum Gasteiger partial charge on any atom is -0.485 e. The molecule has 0 aliphatic carbocycles. The van der Waals surface area contributed by atoms with Gasteiger partial charge >= 0.3 is 0 Å². The fourth-order valence-corrected chi connectivity index (χ4v) is 4.66. The number of amides is 1. The first-order chi connectivity index (χ1) is 15.7. The van der Waals surface area contributed by atoms with Crippen LogP contribution in [0.25, 0.3) is 0 Å². The number of thiophene rings is 1. The number of hydrogen-bond donors (Lipinski definition) is 1. The molecule has 1 aliphatic heterocycles. The molecule has 0 saturated carbocycles. The van der Waals surface area contributed by atoms with Crippen LogP contribution in [0, 0.1) is 0 Å². The zero-order valence-electron chi connectivity index (χ0n) is 18.5. The number of carbonyl (C=O) groups is 1. The number of aromatic nitrogens is 2. The van der Waals surface area contributed by atoms with Crippen LogP contribution in [0.15, 0.2) is 54.3 Å². The maximum atomic E-state index is 13.1. The molecule has 0 bridgehead atoms. The van der Waals surface area contributed by atoms with Crippen molar-refractivity contribution in [3.8, 4) is 5.75 Å². The van der Waals surface area contributed by atoms with Crippen molar-refractivity contribution >= 4 is 23.1 Å². The monoisotopic (exact) mass is 451 g/mol. The van der Waals surface area contributed by atoms with Crippen LogP contribution >= 0.6 is 11.3 Å². The first kappa shape index (κ1) is 22.2. The molecular weight excluding hydrogens is 422 g/mol. The molecule has 4 rings (SSSR count). The van der Waals surface area contributed by atoms with E-state index in [1.54, 1.807) is 17.5 Å². The Balaban J connectivity index is 1.45. The Bertz CT molecular complexity index is 1010. The third kappa shape index (κ3) is 5.08. The van der Waals surface area contributed by atoms with Crippen LogP contribution < -0.4 is 15.0 Å². The molecular formula is C24H29N5O2S. The maximum absolute atomic E-state index is 13.1. The van der Waals surface area contributed by atoms with Gasteiger partial charge in [-0.2, -0.15) is 0 Å². The van der Waals surface area contributed by atoms with Gasteiger partial charge in [0.05, 0.1) is 0 Å². The third-order valence-corrected chi connectivity index (χ3v) is 6.59. The SMILES string of the molecule is CCN1CCN(Cc2ccc(OC(CCNC)c3cccs3)cc2)C(=O)c2cncnc21. The number of anilines is 1. The van der Waals surface area contributed by atoms with Crippen molar-refractivity contribution < 1.29 is 9.53 Å². The molecule has 3 heterocycles. The average molecular weight is 452 g/mol. The summed E-state index contributed by atoms with van der Waals surface area (Å²) in [6, 6.07) is 12.2. The van der Waals surface area contributed by atoms with Gasteiger partial charge in [-0.05, 0) is 49.7 Å². The number of ether oxygens (including phenoxy) is 1. The normalized spacial score (nSPS) is 14.8. The fourth-order valence-electron chi connectivity index (χ4n) is 3.87. The summed E-state index contributed by atoms with van der Waals surface area (Å²) in [7, 11) is 1.95. The number of benzene rings is 1. The second kappa shape index (κ2) is 10.6. The zero-order valence-corrected chi connectivity index (χ0v) is 19.3. The van der Waals surface area contributed by atoms with Gasteiger partial charge in [-0.3, -0.25) is 4.79 Å². The van der Waals surface area contributed by atoms with Crippen LogP contribution in [0.4, 0.5) is 5.82 Å². The lowest BCUT2D eigenvalue weighted by atomic mass is 10.1. The summed E-state index contributed by atoms with van der Waals surface area (Å²) in [5, 5.41) is 5.28. The van der Waals surface area contributed by atoms with Gasteiger partial charge in [-0.25, -0.2) is 9.97 Å². The topological polar surface area (TPSA) is 70.6 Å². The van der Waals surface area contributed by atoms with Gasteiger partial charge in [0, 0.05) is 43.7 Å². The van der Waals surface area contributed by atoms with Crippen molar-refractivity contribution in [1.82, 2.24) is 20.2 Å². The quantitative estimate of drug-likeness (QED) is 0.534. The standard InChI is InChI=1S/C24H29N5O2S/c1-3-28-12-13-29(24(30)20-15-26-17-27-23(20)28)16-18-6-8-19(9-7-18)31-21(10-11-25-2)22-5-4-14-32-22/h4-9,14-15,17,21,25H,3,10-13,16H2,1-2H3. The molecule has 168 valence electrons. The second-order valence-electron chi connectivity index (χ2n) is 7.72. The Morgan fingerprint density at radius 1 is 1.19 bits per heavy atom. The van der Waals surface area contributed by atoms with E-state index in [4.69, 9.17) is 4.74 Å². The third-order valence-electron chi connectivity index (χ3n) is 5.62. The summed E-state index contributed by atoms with van der Waals surface area (Å²) < 4.78 is 6.29. The molecule has 1 unspecified atom stereocenters. The molecule has 32 heavy (non-hydrogen) atoms. The Labute approximate surface area is 193 Å². The zero-order chi connectivity index (χ0) is 22.3. The number of rotatable bonds is 9. The van der Waals surface area contributed by atoms with E-state index in [0.717, 1.165) is 43.2 Å². The van der Waals surface area contributed by atoms with E-state index in [9.17, 15) is 4.79 Å². The smallest absolute Gasteiger partial charge is 0.259 e. The minimum atomic E-state index is -0.0262. The van der Waals surface area contributed by atoms with Crippen LogP contribution in [0.1, 0.15) is 40.2 Å². The molecule has 1 amide bonds. The Morgan fingerprint density at radius 2 is 2.00 bits per heavy atom. The van der Waals surface area contributed by atoms with E-state index < -0.39 is 0 Å². The van der Waals surface area contributed by atoms with Crippen LogP contribution in [-0.2, 0) is 6.54 Å². The second-order valence-corrected chi connectivity index (χ2v) is 8.70. The number of carbonyl (C=O) groups excluding carboxylic acids is 1. The number of likely N-dealkylation sites (N-methyl/N-ethyl adjacent to an activating group) is 1. The summed E-state index contributed by atoms with van der Waals surface area (Å²) in [6.45, 7) is 5.70. The number of nitrogens with one attached hydrogen (secondary N) is 1. The number of nitrogens with zero attached hydrogens (tertiary/aromatic N) is 4. The van der Waals surface area contributed by atoms with Gasteiger partial charge in [0.2, 0.25) is 0 Å². The van der Waals surface area contributed by atoms with E-state index in [-0.39, 0.29) is 12.0 Å². The largest absolute Gasteiger partial charge is 0.485 e. The summed E-state index contributed by atoms with van der Waals surface area (Å²) in [6.07, 6.45) is 4.05. The Kier molecular flexibility index (Phi) is 7.34. The first-order valence-electron chi connectivity index (χ1n) is 11.0. The summed E-state index contributed by atoms with van der Waals surface area (Å²) in [5.74, 6) is 1.53. The van der Waals surface area contributed by atoms with Crippen LogP contribution in [-0.4, -0.2) is 54.0 Å². The van der Waals surface area contributed by atoms with Crippen LogP contribution in [0.5, 0.6) is 5.75 Å².